The van der Waals surface area contributed by atoms with Crippen molar-refractivity contribution in [1.29, 1.82) is 0 Å². The van der Waals surface area contributed by atoms with Crippen molar-refractivity contribution in [3.05, 3.63) is 23.8 Å². The summed E-state index contributed by atoms with van der Waals surface area (Å²) in [6, 6.07) is 1.87. The normalized spacial score (nSPS) is 17.5. The number of likely N-dealkylation sites (tertiary alicyclic amines) is 1. The average molecular weight is 192 g/mol. The van der Waals surface area contributed by atoms with Gasteiger partial charge in [-0.2, -0.15) is 0 Å². The molecule has 0 aromatic carbocycles. The highest BCUT2D eigenvalue weighted by molar-refractivity contribution is 5.01. The van der Waals surface area contributed by atoms with Crippen molar-refractivity contribution < 1.29 is 0 Å². The van der Waals surface area contributed by atoms with Gasteiger partial charge in [0.05, 0.1) is 12.2 Å². The second kappa shape index (κ2) is 4.48. The van der Waals surface area contributed by atoms with Gasteiger partial charge >= 0.3 is 0 Å². The van der Waals surface area contributed by atoms with Gasteiger partial charge in [-0.3, -0.25) is 4.90 Å². The molecule has 1 saturated heterocycles. The number of hydrogen-bond donors (Lipinski definition) is 1. The highest BCUT2D eigenvalue weighted by Gasteiger charge is 2.12. The topological polar surface area (TPSA) is 55.0 Å². The lowest BCUT2D eigenvalue weighted by atomic mass is 10.4. The molecule has 2 rings (SSSR count). The van der Waals surface area contributed by atoms with Crippen LogP contribution < -0.4 is 5.73 Å². The molecule has 4 nitrogen and oxygen atoms in total. The summed E-state index contributed by atoms with van der Waals surface area (Å²) in [6.45, 7) is 3.72. The minimum absolute atomic E-state index is 0.496. The highest BCUT2D eigenvalue weighted by Crippen LogP contribution is 2.10. The van der Waals surface area contributed by atoms with E-state index in [0.717, 1.165) is 18.1 Å². The molecular weight excluding hydrogens is 176 g/mol. The van der Waals surface area contributed by atoms with Crippen LogP contribution in [0.25, 0.3) is 0 Å². The molecule has 0 unspecified atom stereocenters. The number of nitrogens with zero attached hydrogens (tertiary/aromatic N) is 3. The van der Waals surface area contributed by atoms with Gasteiger partial charge in [0.25, 0.3) is 0 Å². The van der Waals surface area contributed by atoms with Gasteiger partial charge in [0, 0.05) is 12.7 Å². The number of rotatable bonds is 3. The molecule has 0 amide bonds. The number of nitrogens with two attached hydrogens (primary N) is 1. The van der Waals surface area contributed by atoms with E-state index < -0.39 is 0 Å². The van der Waals surface area contributed by atoms with Crippen LogP contribution in [0.15, 0.2) is 12.3 Å². The molecule has 1 aromatic rings. The maximum absolute atomic E-state index is 5.52. The monoisotopic (exact) mass is 192 g/mol. The van der Waals surface area contributed by atoms with Crippen molar-refractivity contribution in [3.8, 4) is 0 Å². The molecule has 2 N–H and O–H groups in total. The zero-order valence-corrected chi connectivity index (χ0v) is 8.32. The van der Waals surface area contributed by atoms with Gasteiger partial charge in [0.2, 0.25) is 0 Å². The number of hydrogen-bond acceptors (Lipinski definition) is 4. The van der Waals surface area contributed by atoms with E-state index in [2.05, 4.69) is 14.9 Å². The fourth-order valence-electron chi connectivity index (χ4n) is 1.77. The molecule has 1 fully saturated rings. The zero-order chi connectivity index (χ0) is 9.80. The standard InChI is InChI=1S/C10H16N4/c11-7-9-3-4-12-10(13-9)8-14-5-1-2-6-14/h3-4H,1-2,5-8,11H2. The molecule has 76 valence electrons. The molecule has 0 spiro atoms. The van der Waals surface area contributed by atoms with Crippen molar-refractivity contribution in [2.75, 3.05) is 13.1 Å². The lowest BCUT2D eigenvalue weighted by Crippen LogP contribution is -2.20. The van der Waals surface area contributed by atoms with Crippen LogP contribution in [0.2, 0.25) is 0 Å². The quantitative estimate of drug-likeness (QED) is 0.759. The lowest BCUT2D eigenvalue weighted by molar-refractivity contribution is 0.322. The summed E-state index contributed by atoms with van der Waals surface area (Å²) in [6.07, 6.45) is 4.40. The predicted molar refractivity (Wildman–Crippen MR) is 54.4 cm³/mol. The summed E-state index contributed by atoms with van der Waals surface area (Å²) < 4.78 is 0. The molecule has 0 atom stereocenters. The van der Waals surface area contributed by atoms with Crippen LogP contribution in [0.5, 0.6) is 0 Å². The van der Waals surface area contributed by atoms with Gasteiger partial charge in [-0.1, -0.05) is 0 Å². The molecule has 0 bridgehead atoms. The van der Waals surface area contributed by atoms with E-state index in [0.29, 0.717) is 6.54 Å². The Balaban J connectivity index is 2.00. The minimum Gasteiger partial charge on any atom is -0.325 e. The second-order valence-corrected chi connectivity index (χ2v) is 3.65. The Kier molecular flexibility index (Phi) is 3.06. The molecule has 1 aliphatic rings. The molecule has 0 saturated carbocycles. The SMILES string of the molecule is NCc1ccnc(CN2CCCC2)n1. The van der Waals surface area contributed by atoms with Crippen molar-refractivity contribution in [2.45, 2.75) is 25.9 Å². The highest BCUT2D eigenvalue weighted by atomic mass is 15.2. The smallest absolute Gasteiger partial charge is 0.142 e. The molecule has 1 aliphatic heterocycles. The van der Waals surface area contributed by atoms with E-state index in [1.807, 2.05) is 6.07 Å². The second-order valence-electron chi connectivity index (χ2n) is 3.65. The molecule has 1 aromatic heterocycles. The van der Waals surface area contributed by atoms with Crippen LogP contribution in [0, 0.1) is 0 Å². The Hall–Kier alpha value is -1.00. The van der Waals surface area contributed by atoms with Gasteiger partial charge in [-0.15, -0.1) is 0 Å². The Labute approximate surface area is 84.2 Å². The Morgan fingerprint density at radius 1 is 1.36 bits per heavy atom. The first kappa shape index (κ1) is 9.55. The van der Waals surface area contributed by atoms with E-state index in [4.69, 9.17) is 5.73 Å². The average Bonchev–Trinajstić information content (AvgIpc) is 2.71. The Bertz CT molecular complexity index is 294. The summed E-state index contributed by atoms with van der Waals surface area (Å²) in [5.41, 5.74) is 6.45. The van der Waals surface area contributed by atoms with Crippen molar-refractivity contribution in [3.63, 3.8) is 0 Å². The summed E-state index contributed by atoms with van der Waals surface area (Å²) in [7, 11) is 0. The Morgan fingerprint density at radius 3 is 2.86 bits per heavy atom. The van der Waals surface area contributed by atoms with Crippen molar-refractivity contribution in [1.82, 2.24) is 14.9 Å². The molecule has 4 heteroatoms. The van der Waals surface area contributed by atoms with E-state index in [1.165, 1.54) is 25.9 Å². The van der Waals surface area contributed by atoms with Crippen LogP contribution in [0.4, 0.5) is 0 Å². The maximum Gasteiger partial charge on any atom is 0.142 e. The van der Waals surface area contributed by atoms with E-state index >= 15 is 0 Å². The van der Waals surface area contributed by atoms with Crippen LogP contribution in [-0.2, 0) is 13.1 Å². The fraction of sp³-hybridized carbons (Fsp3) is 0.600. The van der Waals surface area contributed by atoms with Crippen LogP contribution in [0.3, 0.4) is 0 Å². The minimum atomic E-state index is 0.496. The van der Waals surface area contributed by atoms with Gasteiger partial charge in [0.15, 0.2) is 0 Å². The van der Waals surface area contributed by atoms with Crippen LogP contribution in [-0.4, -0.2) is 28.0 Å². The van der Waals surface area contributed by atoms with E-state index in [-0.39, 0.29) is 0 Å². The van der Waals surface area contributed by atoms with Crippen molar-refractivity contribution >= 4 is 0 Å². The van der Waals surface area contributed by atoms with Crippen molar-refractivity contribution in [2.24, 2.45) is 5.73 Å². The van der Waals surface area contributed by atoms with Crippen LogP contribution in [0.1, 0.15) is 24.4 Å². The molecular formula is C10H16N4. The largest absolute Gasteiger partial charge is 0.325 e. The zero-order valence-electron chi connectivity index (χ0n) is 8.32. The molecule has 0 radical (unpaired) electrons. The first-order valence-corrected chi connectivity index (χ1v) is 5.12. The van der Waals surface area contributed by atoms with E-state index in [9.17, 15) is 0 Å². The van der Waals surface area contributed by atoms with E-state index in [1.54, 1.807) is 6.20 Å². The number of aromatic nitrogens is 2. The van der Waals surface area contributed by atoms with Gasteiger partial charge in [-0.25, -0.2) is 9.97 Å². The Morgan fingerprint density at radius 2 is 2.14 bits per heavy atom. The summed E-state index contributed by atoms with van der Waals surface area (Å²) in [5.74, 6) is 0.898. The van der Waals surface area contributed by atoms with Gasteiger partial charge in [0.1, 0.15) is 5.82 Å². The summed E-state index contributed by atoms with van der Waals surface area (Å²) in [5, 5.41) is 0. The molecule has 0 aliphatic carbocycles. The molecule has 14 heavy (non-hydrogen) atoms. The van der Waals surface area contributed by atoms with Gasteiger partial charge < -0.3 is 5.73 Å². The maximum atomic E-state index is 5.52. The van der Waals surface area contributed by atoms with Crippen LogP contribution >= 0.6 is 0 Å². The third kappa shape index (κ3) is 2.27. The summed E-state index contributed by atoms with van der Waals surface area (Å²) >= 11 is 0. The fourth-order valence-corrected chi connectivity index (χ4v) is 1.77. The predicted octanol–water partition coefficient (Wildman–Crippen LogP) is 0.531. The third-order valence-corrected chi connectivity index (χ3v) is 2.54. The first-order valence-electron chi connectivity index (χ1n) is 5.12. The first-order chi connectivity index (χ1) is 6.88. The summed E-state index contributed by atoms with van der Waals surface area (Å²) in [4.78, 5) is 11.0. The lowest BCUT2D eigenvalue weighted by Gasteiger charge is -2.13. The molecule has 2 heterocycles. The van der Waals surface area contributed by atoms with Gasteiger partial charge in [-0.05, 0) is 32.0 Å². The third-order valence-electron chi connectivity index (χ3n) is 2.54.